The van der Waals surface area contributed by atoms with Gasteiger partial charge < -0.3 is 25.8 Å². The van der Waals surface area contributed by atoms with Crippen LogP contribution < -0.4 is 10.3 Å². The van der Waals surface area contributed by atoms with Crippen LogP contribution >= 0.6 is 0 Å². The Morgan fingerprint density at radius 1 is 1.32 bits per heavy atom. The van der Waals surface area contributed by atoms with Gasteiger partial charge in [-0.1, -0.05) is 4.98 Å². The van der Waals surface area contributed by atoms with Crippen LogP contribution in [0.1, 0.15) is 6.23 Å². The molecule has 1 saturated heterocycles. The zero-order chi connectivity index (χ0) is 15.4. The van der Waals surface area contributed by atoms with E-state index in [-0.39, 0.29) is 6.01 Å². The van der Waals surface area contributed by atoms with E-state index in [4.69, 9.17) is 20.1 Å². The first-order chi connectivity index (χ1) is 10.6. The van der Waals surface area contributed by atoms with Gasteiger partial charge in [0.05, 0.1) is 6.61 Å². The van der Waals surface area contributed by atoms with Gasteiger partial charge in [-0.3, -0.25) is 9.09 Å². The zero-order valence-electron chi connectivity index (χ0n) is 11.1. The van der Waals surface area contributed by atoms with Crippen molar-refractivity contribution in [1.29, 1.82) is 0 Å². The second-order valence-corrected chi connectivity index (χ2v) is 4.99. The Kier molecular flexibility index (Phi) is 2.77. The summed E-state index contributed by atoms with van der Waals surface area (Å²) in [4.78, 5) is 12.4. The highest BCUT2D eigenvalue weighted by atomic mass is 16.6. The fourth-order valence-corrected chi connectivity index (χ4v) is 2.60. The molecule has 11 heteroatoms. The van der Waals surface area contributed by atoms with Crippen molar-refractivity contribution in [3.05, 3.63) is 12.7 Å². The van der Waals surface area contributed by atoms with Crippen molar-refractivity contribution < 1.29 is 29.2 Å². The van der Waals surface area contributed by atoms with E-state index in [0.717, 1.165) is 0 Å². The number of rotatable bonds is 2. The fourth-order valence-electron chi connectivity index (χ4n) is 2.60. The number of imidazole rings is 1. The lowest BCUT2D eigenvalue weighted by Gasteiger charge is -2.15. The molecule has 3 aromatic rings. The Morgan fingerprint density at radius 3 is 2.86 bits per heavy atom. The molecule has 0 saturated carbocycles. The largest absolute Gasteiger partial charge is 0.406 e. The van der Waals surface area contributed by atoms with Gasteiger partial charge in [0.1, 0.15) is 24.6 Å². The summed E-state index contributed by atoms with van der Waals surface area (Å²) in [5.41, 5.74) is 6.65. The smallest absolute Gasteiger partial charge is 0.394 e. The molecule has 0 spiro atoms. The maximum absolute atomic E-state index is 10.1. The minimum Gasteiger partial charge on any atom is -0.394 e. The van der Waals surface area contributed by atoms with Crippen LogP contribution in [0.25, 0.3) is 16.8 Å². The molecule has 0 aromatic carbocycles. The number of aliphatic hydroxyl groups excluding tert-OH is 3. The van der Waals surface area contributed by atoms with E-state index >= 15 is 0 Å². The molecule has 4 rings (SSSR count). The molecule has 22 heavy (non-hydrogen) atoms. The zero-order valence-corrected chi connectivity index (χ0v) is 11.1. The van der Waals surface area contributed by atoms with Crippen molar-refractivity contribution in [3.8, 4) is 0 Å². The summed E-state index contributed by atoms with van der Waals surface area (Å²) in [6.45, 7) is -0.408. The first-order valence-corrected chi connectivity index (χ1v) is 6.52. The Bertz CT molecular complexity index is 846. The molecule has 0 radical (unpaired) electrons. The summed E-state index contributed by atoms with van der Waals surface area (Å²) < 4.78 is 13.3. The summed E-state index contributed by atoms with van der Waals surface area (Å²) in [7, 11) is 0. The first-order valence-electron chi connectivity index (χ1n) is 6.52. The average molecular weight is 312 g/mol. The molecule has 5 N–H and O–H groups in total. The molecule has 3 aromatic heterocycles. The average Bonchev–Trinajstić information content (AvgIpc) is 3.15. The predicted molar refractivity (Wildman–Crippen MR) is 68.2 cm³/mol. The number of aromatic nitrogens is 5. The Balaban J connectivity index is 1.84. The third-order valence-corrected chi connectivity index (χ3v) is 3.67. The Hall–Kier alpha value is -2.34. The summed E-state index contributed by atoms with van der Waals surface area (Å²) in [5, 5.41) is 29.1. The number of nitrogen functional groups attached to an aromatic ring is 1. The van der Waals surface area contributed by atoms with E-state index in [1.54, 1.807) is 0 Å². The molecule has 4 atom stereocenters. The van der Waals surface area contributed by atoms with Gasteiger partial charge >= 0.3 is 11.7 Å². The molecule has 1 aliphatic rings. The second kappa shape index (κ2) is 4.58. The normalized spacial score (nSPS) is 28.9. The third-order valence-electron chi connectivity index (χ3n) is 3.67. The predicted octanol–water partition coefficient (Wildman–Crippen LogP) is -2.65. The molecule has 0 amide bonds. The maximum atomic E-state index is 10.1. The highest BCUT2D eigenvalue weighted by Gasteiger charge is 2.44. The number of hydrogen-bond acceptors (Lipinski definition) is 9. The van der Waals surface area contributed by atoms with Crippen LogP contribution in [-0.4, -0.2) is 59.8 Å². The van der Waals surface area contributed by atoms with Gasteiger partial charge in [0.15, 0.2) is 6.23 Å². The topological polar surface area (TPSA) is 157 Å². The molecule has 11 nitrogen and oxygen atoms in total. The number of nitrogens with two attached hydrogens (primary N) is 1. The lowest BCUT2D eigenvalue weighted by atomic mass is 10.1. The van der Waals surface area contributed by atoms with Crippen molar-refractivity contribution in [2.24, 2.45) is 0 Å². The number of nitrogens with zero attached hydrogens (tertiary/aromatic N) is 5. The van der Waals surface area contributed by atoms with Gasteiger partial charge in [-0.05, 0) is 9.56 Å². The van der Waals surface area contributed by atoms with Crippen LogP contribution in [0.15, 0.2) is 17.2 Å². The highest BCUT2D eigenvalue weighted by molar-refractivity contribution is 5.82. The number of ether oxygens (including phenoxy) is 1. The van der Waals surface area contributed by atoms with Crippen molar-refractivity contribution in [3.63, 3.8) is 0 Å². The lowest BCUT2D eigenvalue weighted by molar-refractivity contribution is -0.716. The minimum absolute atomic E-state index is 0.0308. The Labute approximate surface area is 122 Å². The fraction of sp³-hybridized carbons (Fsp3) is 0.455. The molecular formula is C11H13N6O5+. The standard InChI is InChI=1S/C11H12N6O5/c12-11-15-9-5-8(14-3-17(9)22-11)16(2-13-5)10-7(20)6(19)4(1-18)21-10/h2-4,6-7,10,12,18-20H,1H2/p+1/t4-,6-,7-,10-/m1/s1/i11+1,12+1,15+1. The lowest BCUT2D eigenvalue weighted by Crippen LogP contribution is -2.33. The minimum atomic E-state index is -1.22. The first kappa shape index (κ1) is 13.3. The quantitative estimate of drug-likeness (QED) is 0.293. The van der Waals surface area contributed by atoms with Crippen LogP contribution in [0.4, 0.5) is 6.01 Å². The van der Waals surface area contributed by atoms with Crippen LogP contribution in [0, 0.1) is 0 Å². The van der Waals surface area contributed by atoms with Crippen molar-refractivity contribution in [2.45, 2.75) is 24.5 Å². The van der Waals surface area contributed by atoms with Gasteiger partial charge in [0.25, 0.3) is 6.33 Å². The van der Waals surface area contributed by atoms with Crippen LogP contribution in [0.3, 0.4) is 0 Å². The number of fused-ring (bicyclic) bond motifs is 3. The van der Waals surface area contributed by atoms with Gasteiger partial charge in [-0.2, -0.15) is 0 Å². The SMILES string of the molecule is [15NH2][13c]1[15n]c2c3ncn([C@@H]4O[C@H](CO)[C@@H](O)[C@H]4O)c3nc[n+]2o1. The summed E-state index contributed by atoms with van der Waals surface area (Å²) in [6, 6.07) is -0.0308. The highest BCUT2D eigenvalue weighted by Crippen LogP contribution is 2.31. The van der Waals surface area contributed by atoms with E-state index in [0.29, 0.717) is 16.8 Å². The molecule has 4 heterocycles. The Morgan fingerprint density at radius 2 is 2.14 bits per heavy atom. The summed E-state index contributed by atoms with van der Waals surface area (Å²) in [5.74, 6) is 0. The number of hydrogen-bond donors (Lipinski definition) is 4. The molecule has 1 aliphatic heterocycles. The molecule has 1 fully saturated rings. The summed E-state index contributed by atoms with van der Waals surface area (Å²) >= 11 is 0. The van der Waals surface area contributed by atoms with E-state index in [2.05, 4.69) is 15.0 Å². The molecular weight excluding hydrogens is 299 g/mol. The second-order valence-electron chi connectivity index (χ2n) is 4.99. The van der Waals surface area contributed by atoms with Gasteiger partial charge in [-0.25, -0.2) is 4.98 Å². The number of anilines is 1. The van der Waals surface area contributed by atoms with E-state index < -0.39 is 31.1 Å². The van der Waals surface area contributed by atoms with Crippen molar-refractivity contribution in [2.75, 3.05) is 12.3 Å². The van der Waals surface area contributed by atoms with Crippen LogP contribution in [0.2, 0.25) is 0 Å². The molecule has 116 valence electrons. The van der Waals surface area contributed by atoms with E-state index in [1.807, 2.05) is 0 Å². The van der Waals surface area contributed by atoms with Gasteiger partial charge in [0, 0.05) is 0 Å². The van der Waals surface area contributed by atoms with Crippen molar-refractivity contribution in [1.82, 2.24) is 19.5 Å². The van der Waals surface area contributed by atoms with Gasteiger partial charge in [0.2, 0.25) is 11.2 Å². The maximum Gasteiger partial charge on any atom is 0.406 e. The van der Waals surface area contributed by atoms with Crippen LogP contribution in [-0.2, 0) is 4.74 Å². The molecule has 0 unspecified atom stereocenters. The summed E-state index contributed by atoms with van der Waals surface area (Å²) in [6.07, 6.45) is -1.45. The van der Waals surface area contributed by atoms with E-state index in [9.17, 15) is 10.2 Å². The number of aliphatic hydroxyl groups is 3. The molecule has 0 aliphatic carbocycles. The van der Waals surface area contributed by atoms with E-state index in [1.165, 1.54) is 21.8 Å². The molecule has 0 bridgehead atoms. The van der Waals surface area contributed by atoms with Crippen LogP contribution in [0.5, 0.6) is 0 Å². The van der Waals surface area contributed by atoms with Crippen molar-refractivity contribution >= 4 is 22.8 Å². The monoisotopic (exact) mass is 312 g/mol. The van der Waals surface area contributed by atoms with Gasteiger partial charge in [-0.15, -0.1) is 0 Å². The third kappa shape index (κ3) is 1.70.